The number of nitrogens with zero attached hydrogens (tertiary/aromatic N) is 1. The van der Waals surface area contributed by atoms with E-state index in [4.69, 9.17) is 4.42 Å². The molecule has 3 rings (SSSR count). The summed E-state index contributed by atoms with van der Waals surface area (Å²) in [6, 6.07) is 15.8. The third kappa shape index (κ3) is 5.39. The number of carbonyl (C=O) groups excluding carboxylic acids is 1. The number of hydrogen-bond donors (Lipinski definition) is 1. The van der Waals surface area contributed by atoms with Gasteiger partial charge in [0.25, 0.3) is 0 Å². The van der Waals surface area contributed by atoms with Gasteiger partial charge in [-0.05, 0) is 38.5 Å². The number of amides is 1. The van der Waals surface area contributed by atoms with Gasteiger partial charge in [-0.15, -0.1) is 0 Å². The second-order valence-corrected chi connectivity index (χ2v) is 8.34. The molecule has 0 spiro atoms. The van der Waals surface area contributed by atoms with Crippen LogP contribution >= 0.6 is 0 Å². The lowest BCUT2D eigenvalue weighted by Gasteiger charge is -2.05. The Morgan fingerprint density at radius 3 is 2.25 bits per heavy atom. The van der Waals surface area contributed by atoms with Crippen LogP contribution in [0, 0.1) is 20.8 Å². The molecule has 1 atom stereocenters. The zero-order valence-corrected chi connectivity index (χ0v) is 17.1. The Morgan fingerprint density at radius 1 is 1.00 bits per heavy atom. The van der Waals surface area contributed by atoms with Gasteiger partial charge >= 0.3 is 0 Å². The zero-order valence-electron chi connectivity index (χ0n) is 16.3. The Balaban J connectivity index is 1.55. The van der Waals surface area contributed by atoms with Crippen molar-refractivity contribution in [2.24, 2.45) is 0 Å². The fourth-order valence-electron chi connectivity index (χ4n) is 2.69. The van der Waals surface area contributed by atoms with E-state index in [-0.39, 0.29) is 17.4 Å². The second kappa shape index (κ2) is 8.97. The molecule has 0 unspecified atom stereocenters. The molecule has 0 bridgehead atoms. The van der Waals surface area contributed by atoms with Gasteiger partial charge < -0.3 is 9.73 Å². The number of nitrogens with one attached hydrogen (secondary N) is 1. The van der Waals surface area contributed by atoms with E-state index in [9.17, 15) is 9.00 Å². The molecule has 1 aromatic heterocycles. The standard InChI is InChI=1S/C22H24N2O3S/c1-15-4-8-18(9-5-15)12-23-21(25)14-28(26)13-20-17(3)27-22(24-20)19-10-6-16(2)7-11-19/h4-11H,12-14H2,1-3H3,(H,23,25)/t28-/m1/s1. The molecule has 2 aromatic carbocycles. The summed E-state index contributed by atoms with van der Waals surface area (Å²) in [5, 5.41) is 2.81. The maximum Gasteiger partial charge on any atom is 0.232 e. The summed E-state index contributed by atoms with van der Waals surface area (Å²) >= 11 is 0. The summed E-state index contributed by atoms with van der Waals surface area (Å²) in [4.78, 5) is 16.5. The van der Waals surface area contributed by atoms with Crippen LogP contribution < -0.4 is 5.32 Å². The van der Waals surface area contributed by atoms with E-state index in [1.54, 1.807) is 6.92 Å². The monoisotopic (exact) mass is 396 g/mol. The summed E-state index contributed by atoms with van der Waals surface area (Å²) in [5.74, 6) is 1.04. The van der Waals surface area contributed by atoms with Crippen molar-refractivity contribution in [2.75, 3.05) is 5.75 Å². The maximum atomic E-state index is 12.4. The first-order chi connectivity index (χ1) is 13.4. The van der Waals surface area contributed by atoms with Crippen molar-refractivity contribution in [1.29, 1.82) is 0 Å². The topological polar surface area (TPSA) is 72.2 Å². The van der Waals surface area contributed by atoms with Gasteiger partial charge in [-0.1, -0.05) is 47.5 Å². The van der Waals surface area contributed by atoms with E-state index in [0.29, 0.717) is 23.9 Å². The molecule has 1 heterocycles. The van der Waals surface area contributed by atoms with Crippen LogP contribution in [0.2, 0.25) is 0 Å². The summed E-state index contributed by atoms with van der Waals surface area (Å²) in [5.41, 5.74) is 4.84. The largest absolute Gasteiger partial charge is 0.441 e. The van der Waals surface area contributed by atoms with Crippen LogP contribution in [-0.2, 0) is 27.9 Å². The normalized spacial score (nSPS) is 12.0. The highest BCUT2D eigenvalue weighted by Crippen LogP contribution is 2.22. The Morgan fingerprint density at radius 2 is 1.61 bits per heavy atom. The number of rotatable bonds is 7. The van der Waals surface area contributed by atoms with Crippen molar-refractivity contribution in [1.82, 2.24) is 10.3 Å². The average molecular weight is 397 g/mol. The smallest absolute Gasteiger partial charge is 0.232 e. The molecule has 3 aromatic rings. The van der Waals surface area contributed by atoms with E-state index in [2.05, 4.69) is 10.3 Å². The fourth-order valence-corrected chi connectivity index (χ4v) is 3.76. The third-order valence-electron chi connectivity index (χ3n) is 4.39. The minimum absolute atomic E-state index is 0.0575. The van der Waals surface area contributed by atoms with Gasteiger partial charge in [0, 0.05) is 22.9 Å². The van der Waals surface area contributed by atoms with Crippen LogP contribution in [0.25, 0.3) is 11.5 Å². The van der Waals surface area contributed by atoms with Crippen molar-refractivity contribution in [3.63, 3.8) is 0 Å². The molecule has 5 nitrogen and oxygen atoms in total. The number of aryl methyl sites for hydroxylation is 3. The fraction of sp³-hybridized carbons (Fsp3) is 0.273. The molecule has 146 valence electrons. The molecule has 0 fully saturated rings. The van der Waals surface area contributed by atoms with E-state index >= 15 is 0 Å². The minimum Gasteiger partial charge on any atom is -0.441 e. The first-order valence-electron chi connectivity index (χ1n) is 9.11. The molecule has 0 radical (unpaired) electrons. The predicted molar refractivity (Wildman–Crippen MR) is 111 cm³/mol. The summed E-state index contributed by atoms with van der Waals surface area (Å²) in [6.45, 7) is 6.26. The van der Waals surface area contributed by atoms with Crippen LogP contribution in [0.4, 0.5) is 0 Å². The Kier molecular flexibility index (Phi) is 6.41. The van der Waals surface area contributed by atoms with Gasteiger partial charge in [0.2, 0.25) is 11.8 Å². The van der Waals surface area contributed by atoms with E-state index in [1.165, 1.54) is 5.56 Å². The highest BCUT2D eigenvalue weighted by Gasteiger charge is 2.16. The SMILES string of the molecule is Cc1ccc(CNC(=O)C[S@](=O)Cc2nc(-c3ccc(C)cc3)oc2C)cc1. The molecule has 1 amide bonds. The lowest BCUT2D eigenvalue weighted by molar-refractivity contribution is -0.118. The molecule has 0 saturated heterocycles. The van der Waals surface area contributed by atoms with Gasteiger partial charge in [-0.2, -0.15) is 0 Å². The maximum absolute atomic E-state index is 12.4. The molecule has 28 heavy (non-hydrogen) atoms. The molecule has 0 aliphatic heterocycles. The number of benzene rings is 2. The Bertz CT molecular complexity index is 976. The summed E-state index contributed by atoms with van der Waals surface area (Å²) in [7, 11) is -1.35. The van der Waals surface area contributed by atoms with Gasteiger partial charge in [-0.25, -0.2) is 4.98 Å². The van der Waals surface area contributed by atoms with Gasteiger partial charge in [0.05, 0.1) is 11.4 Å². The average Bonchev–Trinajstić information content (AvgIpc) is 3.02. The van der Waals surface area contributed by atoms with Gasteiger partial charge in [0.1, 0.15) is 11.5 Å². The van der Waals surface area contributed by atoms with Crippen molar-refractivity contribution < 1.29 is 13.4 Å². The van der Waals surface area contributed by atoms with Crippen molar-refractivity contribution in [3.05, 3.63) is 76.7 Å². The van der Waals surface area contributed by atoms with Crippen LogP contribution in [0.15, 0.2) is 52.9 Å². The molecule has 0 aliphatic rings. The molecule has 6 heteroatoms. The molecule has 1 N–H and O–H groups in total. The van der Waals surface area contributed by atoms with Crippen molar-refractivity contribution in [2.45, 2.75) is 33.1 Å². The summed E-state index contributed by atoms with van der Waals surface area (Å²) < 4.78 is 18.1. The number of hydrogen-bond acceptors (Lipinski definition) is 4. The first-order valence-corrected chi connectivity index (χ1v) is 10.6. The quantitative estimate of drug-likeness (QED) is 0.659. The molecule has 0 saturated carbocycles. The lowest BCUT2D eigenvalue weighted by Crippen LogP contribution is -2.28. The summed E-state index contributed by atoms with van der Waals surface area (Å²) in [6.07, 6.45) is 0. The van der Waals surface area contributed by atoms with Gasteiger partial charge in [-0.3, -0.25) is 9.00 Å². The first kappa shape index (κ1) is 20.0. The predicted octanol–water partition coefficient (Wildman–Crippen LogP) is 3.83. The highest BCUT2D eigenvalue weighted by atomic mass is 32.2. The second-order valence-electron chi connectivity index (χ2n) is 6.88. The molecule has 0 aliphatic carbocycles. The number of aromatic nitrogens is 1. The van der Waals surface area contributed by atoms with Crippen LogP contribution in [-0.4, -0.2) is 20.9 Å². The van der Waals surface area contributed by atoms with E-state index in [1.807, 2.05) is 62.4 Å². The number of carbonyl (C=O) groups is 1. The molecular formula is C22H24N2O3S. The van der Waals surface area contributed by atoms with Crippen molar-refractivity contribution in [3.8, 4) is 11.5 Å². The van der Waals surface area contributed by atoms with E-state index < -0.39 is 10.8 Å². The zero-order chi connectivity index (χ0) is 20.1. The van der Waals surface area contributed by atoms with Crippen LogP contribution in [0.1, 0.15) is 28.1 Å². The van der Waals surface area contributed by atoms with Gasteiger partial charge in [0.15, 0.2) is 0 Å². The highest BCUT2D eigenvalue weighted by molar-refractivity contribution is 7.84. The van der Waals surface area contributed by atoms with Crippen molar-refractivity contribution >= 4 is 16.7 Å². The third-order valence-corrected chi connectivity index (χ3v) is 5.57. The lowest BCUT2D eigenvalue weighted by atomic mass is 10.1. The Labute approximate surface area is 167 Å². The van der Waals surface area contributed by atoms with Crippen LogP contribution in [0.3, 0.4) is 0 Å². The Hall–Kier alpha value is -2.73. The minimum atomic E-state index is -1.35. The van der Waals surface area contributed by atoms with E-state index in [0.717, 1.165) is 16.7 Å². The number of oxazole rings is 1. The molecular weight excluding hydrogens is 372 g/mol. The van der Waals surface area contributed by atoms with Crippen LogP contribution in [0.5, 0.6) is 0 Å².